The molecule has 1 heterocycles. The van der Waals surface area contributed by atoms with Gasteiger partial charge in [-0.2, -0.15) is 0 Å². The first-order valence-corrected chi connectivity index (χ1v) is 5.81. The van der Waals surface area contributed by atoms with Crippen LogP contribution in [-0.2, 0) is 0 Å². The molecule has 0 saturated carbocycles. The third-order valence-corrected chi connectivity index (χ3v) is 2.64. The zero-order chi connectivity index (χ0) is 14.8. The van der Waals surface area contributed by atoms with E-state index in [4.69, 9.17) is 0 Å². The smallest absolute Gasteiger partial charge is 0.406 e. The second-order valence-corrected chi connectivity index (χ2v) is 4.25. The molecule has 0 fully saturated rings. The first-order valence-electron chi connectivity index (χ1n) is 5.81. The van der Waals surface area contributed by atoms with Crippen molar-refractivity contribution in [1.82, 2.24) is 4.98 Å². The molecule has 1 aromatic heterocycles. The third kappa shape index (κ3) is 3.71. The van der Waals surface area contributed by atoms with Gasteiger partial charge in [0.15, 0.2) is 0 Å². The molecule has 0 amide bonds. The molecule has 6 heteroatoms. The number of nitrogens with zero attached hydrogens (tertiary/aromatic N) is 1. The fraction of sp³-hybridized carbons (Fsp3) is 0.214. The van der Waals surface area contributed by atoms with Gasteiger partial charge in [-0.05, 0) is 42.3 Å². The Hall–Kier alpha value is -2.08. The number of alkyl halides is 3. The molecule has 1 N–H and O–H groups in total. The van der Waals surface area contributed by atoms with Crippen LogP contribution in [0.3, 0.4) is 0 Å². The summed E-state index contributed by atoms with van der Waals surface area (Å²) in [6, 6.07) is 8.55. The SMILES string of the molecule is Cc1cc(C(O)c2cccc(OC(F)(F)F)c2)ccn1. The van der Waals surface area contributed by atoms with Gasteiger partial charge in [-0.15, -0.1) is 13.2 Å². The van der Waals surface area contributed by atoms with Crippen molar-refractivity contribution < 1.29 is 23.0 Å². The molecule has 0 bridgehead atoms. The maximum absolute atomic E-state index is 12.2. The highest BCUT2D eigenvalue weighted by molar-refractivity contribution is 5.35. The van der Waals surface area contributed by atoms with Gasteiger partial charge in [0.25, 0.3) is 0 Å². The van der Waals surface area contributed by atoms with Gasteiger partial charge < -0.3 is 9.84 Å². The molecule has 106 valence electrons. The molecule has 0 aliphatic carbocycles. The van der Waals surface area contributed by atoms with Crippen LogP contribution in [0.2, 0.25) is 0 Å². The summed E-state index contributed by atoms with van der Waals surface area (Å²) >= 11 is 0. The Bertz CT molecular complexity index is 599. The standard InChI is InChI=1S/C14H12F3NO2/c1-9-7-11(5-6-18-9)13(19)10-3-2-4-12(8-10)20-14(15,16)17/h2-8,13,19H,1H3. The highest BCUT2D eigenvalue weighted by atomic mass is 19.4. The lowest BCUT2D eigenvalue weighted by molar-refractivity contribution is -0.274. The summed E-state index contributed by atoms with van der Waals surface area (Å²) in [6.07, 6.45) is -4.26. The molecule has 20 heavy (non-hydrogen) atoms. The van der Waals surface area contributed by atoms with Crippen LogP contribution in [0, 0.1) is 6.92 Å². The van der Waals surface area contributed by atoms with Crippen LogP contribution in [0.4, 0.5) is 13.2 Å². The van der Waals surface area contributed by atoms with Gasteiger partial charge in [0.05, 0.1) is 0 Å². The van der Waals surface area contributed by atoms with E-state index >= 15 is 0 Å². The summed E-state index contributed by atoms with van der Waals surface area (Å²) in [7, 11) is 0. The van der Waals surface area contributed by atoms with E-state index in [1.54, 1.807) is 19.1 Å². The van der Waals surface area contributed by atoms with E-state index in [2.05, 4.69) is 9.72 Å². The van der Waals surface area contributed by atoms with Crippen molar-refractivity contribution in [3.8, 4) is 5.75 Å². The van der Waals surface area contributed by atoms with E-state index in [0.717, 1.165) is 6.07 Å². The topological polar surface area (TPSA) is 42.4 Å². The van der Waals surface area contributed by atoms with Crippen LogP contribution in [0.5, 0.6) is 5.75 Å². The van der Waals surface area contributed by atoms with Gasteiger partial charge in [0, 0.05) is 11.9 Å². The van der Waals surface area contributed by atoms with E-state index in [1.807, 2.05) is 0 Å². The number of aliphatic hydroxyl groups excluding tert-OH is 1. The molecule has 1 atom stereocenters. The summed E-state index contributed by atoms with van der Waals surface area (Å²) in [4.78, 5) is 4.00. The molecule has 3 nitrogen and oxygen atoms in total. The molecule has 1 aromatic carbocycles. The van der Waals surface area contributed by atoms with Crippen molar-refractivity contribution in [1.29, 1.82) is 0 Å². The minimum absolute atomic E-state index is 0.317. The minimum atomic E-state index is -4.75. The summed E-state index contributed by atoms with van der Waals surface area (Å²) in [5.74, 6) is -0.361. The van der Waals surface area contributed by atoms with Crippen LogP contribution in [0.1, 0.15) is 22.9 Å². The Morgan fingerprint density at radius 3 is 2.50 bits per heavy atom. The van der Waals surface area contributed by atoms with Crippen molar-refractivity contribution in [3.63, 3.8) is 0 Å². The van der Waals surface area contributed by atoms with Crippen LogP contribution < -0.4 is 4.74 Å². The van der Waals surface area contributed by atoms with Gasteiger partial charge in [0.2, 0.25) is 0 Å². The average Bonchev–Trinajstić information content (AvgIpc) is 2.36. The number of benzene rings is 1. The second-order valence-electron chi connectivity index (χ2n) is 4.25. The van der Waals surface area contributed by atoms with Crippen molar-refractivity contribution in [2.75, 3.05) is 0 Å². The van der Waals surface area contributed by atoms with Crippen LogP contribution in [-0.4, -0.2) is 16.5 Å². The first-order chi connectivity index (χ1) is 9.35. The van der Waals surface area contributed by atoms with Gasteiger partial charge in [0.1, 0.15) is 11.9 Å². The number of aromatic nitrogens is 1. The Morgan fingerprint density at radius 1 is 1.15 bits per heavy atom. The van der Waals surface area contributed by atoms with E-state index in [1.165, 1.54) is 24.4 Å². The monoisotopic (exact) mass is 283 g/mol. The molecule has 0 spiro atoms. The van der Waals surface area contributed by atoms with Gasteiger partial charge in [-0.25, -0.2) is 0 Å². The predicted molar refractivity (Wildman–Crippen MR) is 66.2 cm³/mol. The number of pyridine rings is 1. The summed E-state index contributed by atoms with van der Waals surface area (Å²) < 4.78 is 40.3. The quantitative estimate of drug-likeness (QED) is 0.939. The molecule has 1 unspecified atom stereocenters. The Labute approximate surface area is 113 Å². The molecule has 0 aliphatic rings. The molecular weight excluding hydrogens is 271 g/mol. The van der Waals surface area contributed by atoms with Crippen LogP contribution in [0.25, 0.3) is 0 Å². The fourth-order valence-corrected chi connectivity index (χ4v) is 1.81. The predicted octanol–water partition coefficient (Wildman–Crippen LogP) is 3.37. The first kappa shape index (κ1) is 14.3. The molecule has 0 radical (unpaired) electrons. The maximum atomic E-state index is 12.2. The van der Waals surface area contributed by atoms with Crippen molar-refractivity contribution in [2.24, 2.45) is 0 Å². The van der Waals surface area contributed by atoms with Gasteiger partial charge in [-0.1, -0.05) is 12.1 Å². The maximum Gasteiger partial charge on any atom is 0.573 e. The number of ether oxygens (including phenoxy) is 1. The highest BCUT2D eigenvalue weighted by Gasteiger charge is 2.31. The van der Waals surface area contributed by atoms with E-state index in [9.17, 15) is 18.3 Å². The van der Waals surface area contributed by atoms with Crippen molar-refractivity contribution >= 4 is 0 Å². The molecular formula is C14H12F3NO2. The van der Waals surface area contributed by atoms with Crippen molar-refractivity contribution in [2.45, 2.75) is 19.4 Å². The lowest BCUT2D eigenvalue weighted by Gasteiger charge is -2.14. The molecule has 2 aromatic rings. The largest absolute Gasteiger partial charge is 0.573 e. The number of halogens is 3. The number of hydrogen-bond acceptors (Lipinski definition) is 3. The third-order valence-electron chi connectivity index (χ3n) is 2.64. The van der Waals surface area contributed by atoms with E-state index in [0.29, 0.717) is 16.8 Å². The van der Waals surface area contributed by atoms with Crippen molar-refractivity contribution in [3.05, 3.63) is 59.4 Å². The minimum Gasteiger partial charge on any atom is -0.406 e. The summed E-state index contributed by atoms with van der Waals surface area (Å²) in [6.45, 7) is 1.76. The molecule has 0 aliphatic heterocycles. The molecule has 0 saturated heterocycles. The summed E-state index contributed by atoms with van der Waals surface area (Å²) in [5.41, 5.74) is 1.59. The highest BCUT2D eigenvalue weighted by Crippen LogP contribution is 2.28. The zero-order valence-corrected chi connectivity index (χ0v) is 10.6. The lowest BCUT2D eigenvalue weighted by atomic mass is 10.0. The van der Waals surface area contributed by atoms with Gasteiger partial charge >= 0.3 is 6.36 Å². The normalized spacial score (nSPS) is 13.1. The summed E-state index contributed by atoms with van der Waals surface area (Å²) in [5, 5.41) is 10.2. The van der Waals surface area contributed by atoms with E-state index < -0.39 is 12.5 Å². The van der Waals surface area contributed by atoms with Gasteiger partial charge in [-0.3, -0.25) is 4.98 Å². The van der Waals surface area contributed by atoms with Crippen LogP contribution in [0.15, 0.2) is 42.6 Å². The van der Waals surface area contributed by atoms with Crippen LogP contribution >= 0.6 is 0 Å². The second kappa shape index (κ2) is 5.50. The van der Waals surface area contributed by atoms with E-state index in [-0.39, 0.29) is 5.75 Å². The fourth-order valence-electron chi connectivity index (χ4n) is 1.81. The Balaban J connectivity index is 2.26. The Kier molecular flexibility index (Phi) is 3.94. The number of rotatable bonds is 3. The Morgan fingerprint density at radius 2 is 1.85 bits per heavy atom. The lowest BCUT2D eigenvalue weighted by Crippen LogP contribution is -2.17. The zero-order valence-electron chi connectivity index (χ0n) is 10.6. The number of aryl methyl sites for hydroxylation is 1. The number of aliphatic hydroxyl groups is 1. The average molecular weight is 283 g/mol. The number of hydrogen-bond donors (Lipinski definition) is 1. The molecule has 2 rings (SSSR count).